The van der Waals surface area contributed by atoms with Crippen LogP contribution in [0.25, 0.3) is 0 Å². The molecule has 7 nitrogen and oxygen atoms in total. The molecule has 0 bridgehead atoms. The Kier molecular flexibility index (Phi) is 6.26. The van der Waals surface area contributed by atoms with E-state index in [1.54, 1.807) is 43.3 Å². The highest BCUT2D eigenvalue weighted by atomic mass is 79.9. The first-order valence-electron chi connectivity index (χ1n) is 12.5. The topological polar surface area (TPSA) is 101 Å². The molecule has 0 radical (unpaired) electrons. The summed E-state index contributed by atoms with van der Waals surface area (Å²) in [6.07, 6.45) is 3.75. The van der Waals surface area contributed by atoms with E-state index in [1.165, 1.54) is 18.1 Å². The van der Waals surface area contributed by atoms with Crippen molar-refractivity contribution in [3.63, 3.8) is 0 Å². The fourth-order valence-electron chi connectivity index (χ4n) is 6.53. The van der Waals surface area contributed by atoms with Crippen LogP contribution in [0.5, 0.6) is 11.5 Å². The van der Waals surface area contributed by atoms with Gasteiger partial charge in [-0.2, -0.15) is 0 Å². The highest BCUT2D eigenvalue weighted by Gasteiger charge is 2.57. The average molecular weight is 653 g/mol. The normalized spacial score (nSPS) is 26.2. The SMILES string of the molecule is COc1cc(Br)cc([C@H]2C3=CC[C@@H]4C(=O)N(c5ccc(Br)cc5)C(=O)[C@@H]4[C@@H]3CC3=C2C(=O)C(C)=CC3=O)c1O. The van der Waals surface area contributed by atoms with E-state index in [1.807, 2.05) is 6.08 Å². The Balaban J connectivity index is 1.52. The minimum atomic E-state index is -0.768. The Morgan fingerprint density at radius 2 is 1.69 bits per heavy atom. The second kappa shape index (κ2) is 9.41. The number of amides is 2. The van der Waals surface area contributed by atoms with Crippen LogP contribution in [0, 0.1) is 17.8 Å². The number of Topliss-reactive ketones (excluding diaryl/α,β-unsaturated/α-hetero) is 1. The summed E-state index contributed by atoms with van der Waals surface area (Å²) in [5.41, 5.74) is 2.64. The van der Waals surface area contributed by atoms with E-state index in [0.717, 1.165) is 10.0 Å². The van der Waals surface area contributed by atoms with E-state index in [9.17, 15) is 24.3 Å². The molecule has 39 heavy (non-hydrogen) atoms. The highest BCUT2D eigenvalue weighted by Crippen LogP contribution is 2.57. The molecule has 3 aliphatic carbocycles. The minimum absolute atomic E-state index is 0.140. The molecule has 9 heteroatoms. The van der Waals surface area contributed by atoms with Gasteiger partial charge in [-0.1, -0.05) is 43.5 Å². The molecule has 2 amide bonds. The smallest absolute Gasteiger partial charge is 0.238 e. The molecule has 2 aromatic rings. The summed E-state index contributed by atoms with van der Waals surface area (Å²) in [6, 6.07) is 10.3. The predicted molar refractivity (Wildman–Crippen MR) is 150 cm³/mol. The molecule has 0 saturated carbocycles. The number of phenolic OH excluding ortho intramolecular Hbond substituents is 1. The van der Waals surface area contributed by atoms with Crippen LogP contribution < -0.4 is 9.64 Å². The first kappa shape index (κ1) is 26.0. The Morgan fingerprint density at radius 3 is 2.38 bits per heavy atom. The number of ether oxygens (including phenoxy) is 1. The van der Waals surface area contributed by atoms with Gasteiger partial charge in [0.15, 0.2) is 23.1 Å². The maximum absolute atomic E-state index is 13.9. The number of carbonyl (C=O) groups is 4. The number of hydrogen-bond donors (Lipinski definition) is 1. The third kappa shape index (κ3) is 3.89. The summed E-state index contributed by atoms with van der Waals surface area (Å²) in [7, 11) is 1.44. The number of imide groups is 1. The van der Waals surface area contributed by atoms with Gasteiger partial charge in [0.2, 0.25) is 11.8 Å². The van der Waals surface area contributed by atoms with E-state index in [-0.39, 0.29) is 41.3 Å². The van der Waals surface area contributed by atoms with E-state index < -0.39 is 23.7 Å². The number of fused-ring (bicyclic) bond motifs is 3. The second-order valence-electron chi connectivity index (χ2n) is 10.3. The zero-order valence-electron chi connectivity index (χ0n) is 21.0. The monoisotopic (exact) mass is 651 g/mol. The van der Waals surface area contributed by atoms with Crippen molar-refractivity contribution in [2.24, 2.45) is 17.8 Å². The summed E-state index contributed by atoms with van der Waals surface area (Å²) in [4.78, 5) is 55.6. The van der Waals surface area contributed by atoms with E-state index in [4.69, 9.17) is 4.74 Å². The lowest BCUT2D eigenvalue weighted by molar-refractivity contribution is -0.123. The molecule has 1 fully saturated rings. The summed E-state index contributed by atoms with van der Waals surface area (Å²) in [5, 5.41) is 11.2. The number of benzene rings is 2. The van der Waals surface area contributed by atoms with Crippen LogP contribution in [0.4, 0.5) is 5.69 Å². The van der Waals surface area contributed by atoms with Crippen molar-refractivity contribution in [2.75, 3.05) is 12.0 Å². The van der Waals surface area contributed by atoms with Gasteiger partial charge in [-0.25, -0.2) is 0 Å². The average Bonchev–Trinajstić information content (AvgIpc) is 3.17. The van der Waals surface area contributed by atoms with Gasteiger partial charge in [0.25, 0.3) is 0 Å². The molecule has 2 aromatic carbocycles. The number of phenols is 1. The van der Waals surface area contributed by atoms with Crippen molar-refractivity contribution in [2.45, 2.75) is 25.7 Å². The Bertz CT molecular complexity index is 1590. The lowest BCUT2D eigenvalue weighted by atomic mass is 9.59. The highest BCUT2D eigenvalue weighted by molar-refractivity contribution is 9.10. The third-order valence-corrected chi connectivity index (χ3v) is 9.24. The minimum Gasteiger partial charge on any atom is -0.504 e. The van der Waals surface area contributed by atoms with Crippen molar-refractivity contribution in [1.29, 1.82) is 0 Å². The number of carbonyl (C=O) groups excluding carboxylic acids is 4. The molecule has 1 N–H and O–H groups in total. The molecule has 4 atom stereocenters. The molecule has 6 rings (SSSR count). The van der Waals surface area contributed by atoms with E-state index in [0.29, 0.717) is 38.9 Å². The lowest BCUT2D eigenvalue weighted by Crippen LogP contribution is -2.39. The van der Waals surface area contributed by atoms with Crippen LogP contribution >= 0.6 is 31.9 Å². The molecule has 0 unspecified atom stereocenters. The van der Waals surface area contributed by atoms with Crippen molar-refractivity contribution < 1.29 is 29.0 Å². The van der Waals surface area contributed by atoms with Crippen LogP contribution in [-0.2, 0) is 19.2 Å². The zero-order chi connectivity index (χ0) is 27.7. The summed E-state index contributed by atoms with van der Waals surface area (Å²) < 4.78 is 6.84. The molecule has 0 aromatic heterocycles. The van der Waals surface area contributed by atoms with Crippen LogP contribution in [0.2, 0.25) is 0 Å². The van der Waals surface area contributed by atoms with Crippen LogP contribution in [0.1, 0.15) is 31.2 Å². The molecule has 1 heterocycles. The molecular weight excluding hydrogens is 630 g/mol. The molecule has 1 saturated heterocycles. The van der Waals surface area contributed by atoms with Gasteiger partial charge < -0.3 is 9.84 Å². The number of ketones is 2. The zero-order valence-corrected chi connectivity index (χ0v) is 24.2. The molecule has 198 valence electrons. The molecule has 4 aliphatic rings. The van der Waals surface area contributed by atoms with Gasteiger partial charge in [0, 0.05) is 37.1 Å². The number of aromatic hydroxyl groups is 1. The first-order chi connectivity index (χ1) is 18.6. The Hall–Kier alpha value is -3.30. The molecule has 0 spiro atoms. The first-order valence-corrected chi connectivity index (χ1v) is 14.1. The fourth-order valence-corrected chi connectivity index (χ4v) is 7.25. The van der Waals surface area contributed by atoms with E-state index in [2.05, 4.69) is 31.9 Å². The Labute approximate surface area is 241 Å². The van der Waals surface area contributed by atoms with E-state index >= 15 is 0 Å². The van der Waals surface area contributed by atoms with Gasteiger partial charge >= 0.3 is 0 Å². The standard InChI is InChI=1S/C30H23Br2NO6/c1-13-9-22(34)20-12-19-17(24(26(20)27(13)35)21-10-15(32)11-23(39-2)28(21)36)7-8-18-25(19)30(38)33(29(18)37)16-5-3-14(31)4-6-16/h3-7,9-11,18-19,24-25,36H,8,12H2,1-2H3/t18-,19+,24+,25-/m0/s1. The van der Waals surface area contributed by atoms with Gasteiger partial charge in [-0.15, -0.1) is 0 Å². The maximum Gasteiger partial charge on any atom is 0.238 e. The number of hydrogen-bond acceptors (Lipinski definition) is 6. The maximum atomic E-state index is 13.9. The number of rotatable bonds is 3. The second-order valence-corrected chi connectivity index (χ2v) is 12.1. The van der Waals surface area contributed by atoms with Crippen LogP contribution in [0.3, 0.4) is 0 Å². The number of halogens is 2. The van der Waals surface area contributed by atoms with Crippen molar-refractivity contribution >= 4 is 60.9 Å². The van der Waals surface area contributed by atoms with Crippen LogP contribution in [0.15, 0.2) is 79.8 Å². The van der Waals surface area contributed by atoms with Crippen molar-refractivity contribution in [1.82, 2.24) is 0 Å². The largest absolute Gasteiger partial charge is 0.504 e. The lowest BCUT2D eigenvalue weighted by Gasteiger charge is -2.42. The van der Waals surface area contributed by atoms with Crippen molar-refractivity contribution in [3.05, 3.63) is 85.4 Å². The number of allylic oxidation sites excluding steroid dienone is 6. The number of methoxy groups -OCH3 is 1. The summed E-state index contributed by atoms with van der Waals surface area (Å²) in [6.45, 7) is 1.61. The third-order valence-electron chi connectivity index (χ3n) is 8.25. The van der Waals surface area contributed by atoms with Gasteiger partial charge in [-0.05, 0) is 68.2 Å². The summed E-state index contributed by atoms with van der Waals surface area (Å²) in [5.74, 6) is -3.58. The predicted octanol–water partition coefficient (Wildman–Crippen LogP) is 5.56. The Morgan fingerprint density at radius 1 is 0.974 bits per heavy atom. The number of anilines is 1. The van der Waals surface area contributed by atoms with Gasteiger partial charge in [-0.3, -0.25) is 24.1 Å². The van der Waals surface area contributed by atoms with Crippen LogP contribution in [-0.4, -0.2) is 35.6 Å². The summed E-state index contributed by atoms with van der Waals surface area (Å²) >= 11 is 6.86. The fraction of sp³-hybridized carbons (Fsp3) is 0.267. The molecular formula is C30H23Br2NO6. The van der Waals surface area contributed by atoms with Gasteiger partial charge in [0.1, 0.15) is 0 Å². The van der Waals surface area contributed by atoms with Crippen molar-refractivity contribution in [3.8, 4) is 11.5 Å². The number of nitrogens with zero attached hydrogens (tertiary/aromatic N) is 1. The molecule has 1 aliphatic heterocycles. The quantitative estimate of drug-likeness (QED) is 0.265. The van der Waals surface area contributed by atoms with Gasteiger partial charge in [0.05, 0.1) is 24.6 Å².